The molecule has 2 atom stereocenters. The summed E-state index contributed by atoms with van der Waals surface area (Å²) >= 11 is 8.34. The molecule has 0 aromatic carbocycles. The van der Waals surface area contributed by atoms with Crippen molar-refractivity contribution in [3.8, 4) is 0 Å². The van der Waals surface area contributed by atoms with Gasteiger partial charge in [-0.25, -0.2) is 0 Å². The second-order valence-electron chi connectivity index (χ2n) is 8.76. The summed E-state index contributed by atoms with van der Waals surface area (Å²) in [6.07, 6.45) is 16.4. The SMILES string of the molecule is CCCCCCOC(=O)C(S)CC.CCCCCCOC(=O)C(S)CC.CCC[CH2][Sn][CH2]CCC. The summed E-state index contributed by atoms with van der Waals surface area (Å²) < 4.78 is 13.3. The minimum atomic E-state index is -0.244. The quantitative estimate of drug-likeness (QED) is 0.0604. The number of ether oxygens (including phenoxy) is 2. The second kappa shape index (κ2) is 34.4. The van der Waals surface area contributed by atoms with Crippen molar-refractivity contribution in [1.82, 2.24) is 0 Å². The first-order valence-electron chi connectivity index (χ1n) is 14.3. The molecule has 0 aromatic rings. The minimum absolute atomic E-state index is 0.149. The molecule has 210 valence electrons. The van der Waals surface area contributed by atoms with Gasteiger partial charge in [-0.1, -0.05) is 66.2 Å². The zero-order valence-electron chi connectivity index (χ0n) is 23.9. The standard InChI is InChI=1S/2C10H20O2S.2C4H9.Sn/c2*1-3-5-6-7-8-12-10(11)9(13)4-2;2*1-3-4-2;/h2*9,13H,3-8H2,1-2H3;2*1,3-4H2,2H3;. The molecule has 35 heavy (non-hydrogen) atoms. The zero-order valence-corrected chi connectivity index (χ0v) is 28.6. The monoisotopic (exact) mass is 642 g/mol. The molecule has 2 radical (unpaired) electrons. The predicted octanol–water partition coefficient (Wildman–Crippen LogP) is 8.76. The predicted molar refractivity (Wildman–Crippen MR) is 162 cm³/mol. The average molecular weight is 642 g/mol. The van der Waals surface area contributed by atoms with Crippen LogP contribution >= 0.6 is 25.3 Å². The Morgan fingerprint density at radius 3 is 1.20 bits per heavy atom. The summed E-state index contributed by atoms with van der Waals surface area (Å²) in [5.74, 6) is -0.357. The van der Waals surface area contributed by atoms with E-state index in [4.69, 9.17) is 9.47 Å². The van der Waals surface area contributed by atoms with Crippen LogP contribution in [0.5, 0.6) is 0 Å². The Morgan fingerprint density at radius 2 is 0.914 bits per heavy atom. The van der Waals surface area contributed by atoms with Crippen molar-refractivity contribution in [2.24, 2.45) is 0 Å². The third-order valence-electron chi connectivity index (χ3n) is 5.22. The fourth-order valence-electron chi connectivity index (χ4n) is 2.66. The molecule has 0 aliphatic heterocycles. The van der Waals surface area contributed by atoms with Gasteiger partial charge in [0, 0.05) is 0 Å². The summed E-state index contributed by atoms with van der Waals surface area (Å²) in [5, 5.41) is -0.489. The fraction of sp³-hybridized carbons (Fsp3) is 0.929. The third-order valence-corrected chi connectivity index (χ3v) is 10.4. The molecular weight excluding hydrogens is 583 g/mol. The van der Waals surface area contributed by atoms with E-state index in [1.165, 1.54) is 51.4 Å². The van der Waals surface area contributed by atoms with Gasteiger partial charge >= 0.3 is 81.5 Å². The number of carbonyl (C=O) groups excluding carboxylic acids is 2. The molecule has 0 amide bonds. The molecule has 0 aromatic heterocycles. The fourth-order valence-corrected chi connectivity index (χ4v) is 6.97. The first-order valence-corrected chi connectivity index (χ1v) is 19.3. The molecule has 4 nitrogen and oxygen atoms in total. The van der Waals surface area contributed by atoms with Crippen LogP contribution < -0.4 is 0 Å². The Kier molecular flexibility index (Phi) is 39.3. The number of hydrogen-bond acceptors (Lipinski definition) is 6. The number of esters is 2. The molecule has 0 bridgehead atoms. The van der Waals surface area contributed by atoms with E-state index in [-0.39, 0.29) is 43.6 Å². The number of rotatable bonds is 20. The van der Waals surface area contributed by atoms with E-state index >= 15 is 0 Å². The number of unbranched alkanes of at least 4 members (excludes halogenated alkanes) is 8. The summed E-state index contributed by atoms with van der Waals surface area (Å²) in [6.45, 7) is 13.9. The summed E-state index contributed by atoms with van der Waals surface area (Å²) in [6, 6.07) is 0. The van der Waals surface area contributed by atoms with Crippen LogP contribution in [0.4, 0.5) is 0 Å². The number of hydrogen-bond donors (Lipinski definition) is 2. The van der Waals surface area contributed by atoms with Crippen LogP contribution in [-0.4, -0.2) is 56.8 Å². The maximum absolute atomic E-state index is 11.1. The normalized spacial score (nSPS) is 11.9. The van der Waals surface area contributed by atoms with Crippen molar-refractivity contribution < 1.29 is 19.1 Å². The molecule has 0 N–H and O–H groups in total. The molecule has 0 saturated carbocycles. The third kappa shape index (κ3) is 34.4. The molecule has 0 aliphatic rings. The van der Waals surface area contributed by atoms with Crippen LogP contribution in [0.3, 0.4) is 0 Å². The average Bonchev–Trinajstić information content (AvgIpc) is 2.87. The van der Waals surface area contributed by atoms with Gasteiger partial charge in [0.2, 0.25) is 0 Å². The summed E-state index contributed by atoms with van der Waals surface area (Å²) in [4.78, 5) is 22.2. The molecule has 0 aliphatic carbocycles. The Hall–Kier alpha value is 0.439. The first kappa shape index (κ1) is 39.9. The van der Waals surface area contributed by atoms with E-state index in [9.17, 15) is 9.59 Å². The van der Waals surface area contributed by atoms with Crippen molar-refractivity contribution in [2.75, 3.05) is 13.2 Å². The molecule has 0 rings (SSSR count). The van der Waals surface area contributed by atoms with E-state index < -0.39 is 0 Å². The Bertz CT molecular complexity index is 401. The number of carbonyl (C=O) groups is 2. The van der Waals surface area contributed by atoms with E-state index in [1.54, 1.807) is 8.87 Å². The van der Waals surface area contributed by atoms with Crippen LogP contribution in [0, 0.1) is 0 Å². The van der Waals surface area contributed by atoms with Crippen molar-refractivity contribution in [2.45, 2.75) is 151 Å². The van der Waals surface area contributed by atoms with Gasteiger partial charge in [0.1, 0.15) is 0 Å². The van der Waals surface area contributed by atoms with Gasteiger partial charge in [-0.3, -0.25) is 9.59 Å². The van der Waals surface area contributed by atoms with Crippen molar-refractivity contribution in [3.63, 3.8) is 0 Å². The topological polar surface area (TPSA) is 52.6 Å². The van der Waals surface area contributed by atoms with Crippen molar-refractivity contribution >= 4 is 58.3 Å². The van der Waals surface area contributed by atoms with Crippen LogP contribution in [0.25, 0.3) is 0 Å². The van der Waals surface area contributed by atoms with Gasteiger partial charge in [0.25, 0.3) is 0 Å². The van der Waals surface area contributed by atoms with Gasteiger partial charge in [0.05, 0.1) is 23.7 Å². The Balaban J connectivity index is -0.000000448. The van der Waals surface area contributed by atoms with E-state index in [0.717, 1.165) is 38.5 Å². The van der Waals surface area contributed by atoms with Gasteiger partial charge in [-0.15, -0.1) is 0 Å². The Morgan fingerprint density at radius 1 is 0.571 bits per heavy atom. The van der Waals surface area contributed by atoms with Gasteiger partial charge in [-0.2, -0.15) is 25.3 Å². The second-order valence-corrected chi connectivity index (χ2v) is 14.3. The maximum atomic E-state index is 11.1. The van der Waals surface area contributed by atoms with Crippen LogP contribution in [0.1, 0.15) is 131 Å². The van der Waals surface area contributed by atoms with Crippen molar-refractivity contribution in [1.29, 1.82) is 0 Å². The van der Waals surface area contributed by atoms with Crippen LogP contribution in [0.2, 0.25) is 8.87 Å². The van der Waals surface area contributed by atoms with E-state index in [2.05, 4.69) is 53.0 Å². The van der Waals surface area contributed by atoms with Crippen molar-refractivity contribution in [3.05, 3.63) is 0 Å². The van der Waals surface area contributed by atoms with Crippen LogP contribution in [-0.2, 0) is 19.1 Å². The van der Waals surface area contributed by atoms with Gasteiger partial charge in [0.15, 0.2) is 0 Å². The Labute approximate surface area is 240 Å². The zero-order chi connectivity index (χ0) is 27.2. The molecule has 2 unspecified atom stereocenters. The first-order chi connectivity index (χ1) is 16.9. The number of thiol groups is 2. The van der Waals surface area contributed by atoms with E-state index in [0.29, 0.717) is 13.2 Å². The summed E-state index contributed by atoms with van der Waals surface area (Å²) in [5.41, 5.74) is 0. The summed E-state index contributed by atoms with van der Waals surface area (Å²) in [7, 11) is 0. The molecule has 7 heteroatoms. The molecule has 0 saturated heterocycles. The van der Waals surface area contributed by atoms with Crippen LogP contribution in [0.15, 0.2) is 0 Å². The molecule has 0 heterocycles. The molecule has 0 spiro atoms. The van der Waals surface area contributed by atoms with Gasteiger partial charge < -0.3 is 9.47 Å². The van der Waals surface area contributed by atoms with Gasteiger partial charge in [-0.05, 0) is 25.7 Å². The molecular formula is C28H58O4S2Sn. The van der Waals surface area contributed by atoms with E-state index in [1.807, 2.05) is 13.8 Å². The molecule has 0 fully saturated rings.